The third-order valence-electron chi connectivity index (χ3n) is 1.54. The number of anilines is 1. The van der Waals surface area contributed by atoms with Gasteiger partial charge in [0.05, 0.1) is 18.4 Å². The van der Waals surface area contributed by atoms with Gasteiger partial charge in [0.15, 0.2) is 5.82 Å². The first-order valence-corrected chi connectivity index (χ1v) is 4.70. The molecular formula is C7H7BrN6. The standard InChI is InChI=1S/C7H7BrN6/c8-5-1-6(3-9-2-5)10-4-7-11-13-14-12-7/h1-3,10H,4H2,(H,11,12,13,14). The highest BCUT2D eigenvalue weighted by atomic mass is 79.9. The second-order valence-electron chi connectivity index (χ2n) is 2.57. The summed E-state index contributed by atoms with van der Waals surface area (Å²) in [4.78, 5) is 4.01. The molecule has 0 radical (unpaired) electrons. The molecule has 7 heteroatoms. The number of rotatable bonds is 3. The Bertz CT molecular complexity index is 400. The lowest BCUT2D eigenvalue weighted by Crippen LogP contribution is -2.01. The van der Waals surface area contributed by atoms with Gasteiger partial charge >= 0.3 is 0 Å². The Hall–Kier alpha value is -1.50. The Morgan fingerprint density at radius 3 is 3.07 bits per heavy atom. The molecule has 0 fully saturated rings. The van der Waals surface area contributed by atoms with Crippen LogP contribution in [-0.2, 0) is 6.54 Å². The number of pyridine rings is 1. The van der Waals surface area contributed by atoms with Gasteiger partial charge in [-0.05, 0) is 22.0 Å². The third kappa shape index (κ3) is 2.25. The lowest BCUT2D eigenvalue weighted by Gasteiger charge is -2.02. The zero-order valence-corrected chi connectivity index (χ0v) is 8.69. The summed E-state index contributed by atoms with van der Waals surface area (Å²) in [7, 11) is 0. The number of aromatic nitrogens is 5. The molecule has 72 valence electrons. The first kappa shape index (κ1) is 9.07. The van der Waals surface area contributed by atoms with Gasteiger partial charge in [0.1, 0.15) is 0 Å². The highest BCUT2D eigenvalue weighted by Gasteiger charge is 1.98. The zero-order chi connectivity index (χ0) is 9.80. The van der Waals surface area contributed by atoms with Crippen LogP contribution in [0.4, 0.5) is 5.69 Å². The number of H-pyrrole nitrogens is 1. The summed E-state index contributed by atoms with van der Waals surface area (Å²) in [5.41, 5.74) is 0.907. The quantitative estimate of drug-likeness (QED) is 0.854. The van der Waals surface area contributed by atoms with E-state index in [1.807, 2.05) is 6.07 Å². The number of halogens is 1. The summed E-state index contributed by atoms with van der Waals surface area (Å²) < 4.78 is 0.926. The van der Waals surface area contributed by atoms with Crippen molar-refractivity contribution in [3.8, 4) is 0 Å². The smallest absolute Gasteiger partial charge is 0.193 e. The van der Waals surface area contributed by atoms with E-state index >= 15 is 0 Å². The van der Waals surface area contributed by atoms with Crippen LogP contribution in [0.1, 0.15) is 5.82 Å². The number of hydrogen-bond acceptors (Lipinski definition) is 5. The van der Waals surface area contributed by atoms with Crippen LogP contribution in [0.25, 0.3) is 0 Å². The molecule has 0 spiro atoms. The van der Waals surface area contributed by atoms with Gasteiger partial charge in [-0.3, -0.25) is 4.98 Å². The Balaban J connectivity index is 1.98. The number of hydrogen-bond donors (Lipinski definition) is 2. The first-order chi connectivity index (χ1) is 6.84. The molecule has 0 saturated carbocycles. The summed E-state index contributed by atoms with van der Waals surface area (Å²) in [5, 5.41) is 16.6. The Morgan fingerprint density at radius 2 is 2.36 bits per heavy atom. The minimum absolute atomic E-state index is 0.522. The monoisotopic (exact) mass is 254 g/mol. The second-order valence-corrected chi connectivity index (χ2v) is 3.49. The maximum absolute atomic E-state index is 4.01. The predicted octanol–water partition coefficient (Wildman–Crippen LogP) is 0.969. The van der Waals surface area contributed by atoms with Crippen molar-refractivity contribution in [2.75, 3.05) is 5.32 Å². The summed E-state index contributed by atoms with van der Waals surface area (Å²) in [5.74, 6) is 0.616. The van der Waals surface area contributed by atoms with Crippen molar-refractivity contribution in [3.05, 3.63) is 28.8 Å². The van der Waals surface area contributed by atoms with Gasteiger partial charge < -0.3 is 5.32 Å². The first-order valence-electron chi connectivity index (χ1n) is 3.91. The Morgan fingerprint density at radius 1 is 1.43 bits per heavy atom. The van der Waals surface area contributed by atoms with Gasteiger partial charge in [0.2, 0.25) is 0 Å². The van der Waals surface area contributed by atoms with Crippen LogP contribution in [0, 0.1) is 0 Å². The second kappa shape index (κ2) is 4.14. The molecule has 0 unspecified atom stereocenters. The minimum atomic E-state index is 0.522. The molecule has 2 N–H and O–H groups in total. The highest BCUT2D eigenvalue weighted by molar-refractivity contribution is 9.10. The molecule has 2 aromatic heterocycles. The van der Waals surface area contributed by atoms with Gasteiger partial charge in [-0.25, -0.2) is 0 Å². The van der Waals surface area contributed by atoms with Crippen molar-refractivity contribution in [2.45, 2.75) is 6.54 Å². The molecule has 0 saturated heterocycles. The maximum Gasteiger partial charge on any atom is 0.193 e. The Labute approximate surface area is 88.3 Å². The summed E-state index contributed by atoms with van der Waals surface area (Å²) in [6.45, 7) is 0.522. The number of aromatic amines is 1. The van der Waals surface area contributed by atoms with Gasteiger partial charge in [0.25, 0.3) is 0 Å². The van der Waals surface area contributed by atoms with Crippen molar-refractivity contribution in [3.63, 3.8) is 0 Å². The molecule has 0 aliphatic rings. The molecule has 0 atom stereocenters. The van der Waals surface area contributed by atoms with E-state index in [2.05, 4.69) is 46.9 Å². The maximum atomic E-state index is 4.01. The van der Waals surface area contributed by atoms with Crippen molar-refractivity contribution in [1.29, 1.82) is 0 Å². The zero-order valence-electron chi connectivity index (χ0n) is 7.11. The van der Waals surface area contributed by atoms with Gasteiger partial charge in [0, 0.05) is 10.7 Å². The van der Waals surface area contributed by atoms with Gasteiger partial charge in [-0.15, -0.1) is 10.2 Å². The van der Waals surface area contributed by atoms with Crippen LogP contribution in [0.15, 0.2) is 22.9 Å². The van der Waals surface area contributed by atoms with Crippen LogP contribution in [-0.4, -0.2) is 25.6 Å². The molecule has 0 aromatic carbocycles. The van der Waals surface area contributed by atoms with Crippen molar-refractivity contribution in [1.82, 2.24) is 25.6 Å². The van der Waals surface area contributed by atoms with Crippen LogP contribution in [0.5, 0.6) is 0 Å². The highest BCUT2D eigenvalue weighted by Crippen LogP contribution is 2.13. The molecule has 0 amide bonds. The number of tetrazole rings is 1. The van der Waals surface area contributed by atoms with E-state index in [0.29, 0.717) is 12.4 Å². The third-order valence-corrected chi connectivity index (χ3v) is 1.98. The fourth-order valence-electron chi connectivity index (χ4n) is 0.947. The van der Waals surface area contributed by atoms with Crippen LogP contribution >= 0.6 is 15.9 Å². The summed E-state index contributed by atoms with van der Waals surface area (Å²) in [6.07, 6.45) is 3.45. The van der Waals surface area contributed by atoms with Crippen LogP contribution < -0.4 is 5.32 Å². The SMILES string of the molecule is Brc1cncc(NCc2nn[nH]n2)c1. The van der Waals surface area contributed by atoms with E-state index in [1.165, 1.54) is 0 Å². The van der Waals surface area contributed by atoms with E-state index in [0.717, 1.165) is 10.2 Å². The van der Waals surface area contributed by atoms with Crippen molar-refractivity contribution < 1.29 is 0 Å². The number of nitrogens with one attached hydrogen (secondary N) is 2. The van der Waals surface area contributed by atoms with Crippen molar-refractivity contribution in [2.24, 2.45) is 0 Å². The average molecular weight is 255 g/mol. The molecule has 2 aromatic rings. The van der Waals surface area contributed by atoms with Gasteiger partial charge in [-0.2, -0.15) is 5.21 Å². The fourth-order valence-corrected chi connectivity index (χ4v) is 1.31. The lowest BCUT2D eigenvalue weighted by atomic mass is 10.4. The largest absolute Gasteiger partial charge is 0.376 e. The molecule has 6 nitrogen and oxygen atoms in total. The van der Waals surface area contributed by atoms with E-state index < -0.39 is 0 Å². The molecule has 2 heterocycles. The molecule has 14 heavy (non-hydrogen) atoms. The van der Waals surface area contributed by atoms with Crippen LogP contribution in [0.2, 0.25) is 0 Å². The minimum Gasteiger partial charge on any atom is -0.376 e. The van der Waals surface area contributed by atoms with Crippen molar-refractivity contribution >= 4 is 21.6 Å². The average Bonchev–Trinajstić information content (AvgIpc) is 2.67. The topological polar surface area (TPSA) is 79.4 Å². The molecule has 0 aliphatic carbocycles. The predicted molar refractivity (Wildman–Crippen MR) is 53.4 cm³/mol. The van der Waals surface area contributed by atoms with E-state index in [1.54, 1.807) is 12.4 Å². The molecule has 2 rings (SSSR count). The van der Waals surface area contributed by atoms with E-state index in [9.17, 15) is 0 Å². The molecular weight excluding hydrogens is 248 g/mol. The Kier molecular flexibility index (Phi) is 2.68. The fraction of sp³-hybridized carbons (Fsp3) is 0.143. The van der Waals surface area contributed by atoms with Crippen LogP contribution in [0.3, 0.4) is 0 Å². The number of nitrogens with zero attached hydrogens (tertiary/aromatic N) is 4. The molecule has 0 aliphatic heterocycles. The lowest BCUT2D eigenvalue weighted by molar-refractivity contribution is 0.881. The molecule has 0 bridgehead atoms. The summed E-state index contributed by atoms with van der Waals surface area (Å²) >= 11 is 3.33. The van der Waals surface area contributed by atoms with E-state index in [-0.39, 0.29) is 0 Å². The summed E-state index contributed by atoms with van der Waals surface area (Å²) in [6, 6.07) is 1.92. The normalized spacial score (nSPS) is 10.1. The van der Waals surface area contributed by atoms with E-state index in [4.69, 9.17) is 0 Å². The van der Waals surface area contributed by atoms with Gasteiger partial charge in [-0.1, -0.05) is 5.21 Å².